The molecule has 0 atom stereocenters. The summed E-state index contributed by atoms with van der Waals surface area (Å²) in [6, 6.07) is 0. The van der Waals surface area contributed by atoms with Crippen LogP contribution in [-0.2, 0) is 0 Å². The van der Waals surface area contributed by atoms with Gasteiger partial charge in [0.1, 0.15) is 5.03 Å². The van der Waals surface area contributed by atoms with E-state index in [1.54, 1.807) is 24.2 Å². The zero-order valence-corrected chi connectivity index (χ0v) is 8.00. The van der Waals surface area contributed by atoms with Gasteiger partial charge in [0.05, 0.1) is 0 Å². The molecule has 0 aliphatic rings. The van der Waals surface area contributed by atoms with E-state index in [-0.39, 0.29) is 0 Å². The SMILES string of the molecule is NC/C=C/CSc1nccnc1N. The van der Waals surface area contributed by atoms with E-state index in [0.717, 1.165) is 10.8 Å². The maximum atomic E-state index is 5.59. The maximum Gasteiger partial charge on any atom is 0.156 e. The van der Waals surface area contributed by atoms with Crippen LogP contribution in [0.1, 0.15) is 0 Å². The lowest BCUT2D eigenvalue weighted by Gasteiger charge is -1.99. The number of hydrogen-bond donors (Lipinski definition) is 2. The predicted octanol–water partition coefficient (Wildman–Crippen LogP) is 0.666. The Hall–Kier alpha value is -1.07. The van der Waals surface area contributed by atoms with Crippen molar-refractivity contribution in [2.75, 3.05) is 18.0 Å². The van der Waals surface area contributed by atoms with Crippen molar-refractivity contribution < 1.29 is 0 Å². The van der Waals surface area contributed by atoms with Gasteiger partial charge in [-0.15, -0.1) is 0 Å². The molecule has 0 aromatic carbocycles. The highest BCUT2D eigenvalue weighted by Gasteiger charge is 1.98. The molecule has 0 saturated heterocycles. The largest absolute Gasteiger partial charge is 0.381 e. The summed E-state index contributed by atoms with van der Waals surface area (Å²) in [5.74, 6) is 1.30. The van der Waals surface area contributed by atoms with Crippen LogP contribution < -0.4 is 11.5 Å². The molecule has 5 heteroatoms. The van der Waals surface area contributed by atoms with Gasteiger partial charge in [0, 0.05) is 24.7 Å². The number of nitrogen functional groups attached to an aromatic ring is 1. The molecular formula is C8H12N4S. The van der Waals surface area contributed by atoms with Crippen molar-refractivity contribution in [2.45, 2.75) is 5.03 Å². The van der Waals surface area contributed by atoms with Crippen molar-refractivity contribution in [3.05, 3.63) is 24.5 Å². The van der Waals surface area contributed by atoms with Crippen molar-refractivity contribution in [1.82, 2.24) is 9.97 Å². The summed E-state index contributed by atoms with van der Waals surface area (Å²) in [6.07, 6.45) is 7.10. The molecule has 0 amide bonds. The fourth-order valence-electron chi connectivity index (χ4n) is 0.739. The topological polar surface area (TPSA) is 77.8 Å². The summed E-state index contributed by atoms with van der Waals surface area (Å²) in [7, 11) is 0. The highest BCUT2D eigenvalue weighted by Crippen LogP contribution is 2.19. The Labute approximate surface area is 81.4 Å². The molecular weight excluding hydrogens is 184 g/mol. The summed E-state index contributed by atoms with van der Waals surface area (Å²) < 4.78 is 0. The highest BCUT2D eigenvalue weighted by atomic mass is 32.2. The molecule has 0 spiro atoms. The van der Waals surface area contributed by atoms with Gasteiger partial charge in [-0.05, 0) is 0 Å². The summed E-state index contributed by atoms with van der Waals surface area (Å²) in [6.45, 7) is 0.566. The Balaban J connectivity index is 2.45. The van der Waals surface area contributed by atoms with Crippen molar-refractivity contribution in [1.29, 1.82) is 0 Å². The monoisotopic (exact) mass is 196 g/mol. The molecule has 0 fully saturated rings. The first-order chi connectivity index (χ1) is 6.34. The van der Waals surface area contributed by atoms with Gasteiger partial charge in [-0.25, -0.2) is 9.97 Å². The van der Waals surface area contributed by atoms with Crippen LogP contribution in [0.3, 0.4) is 0 Å². The van der Waals surface area contributed by atoms with E-state index in [1.165, 1.54) is 0 Å². The molecule has 0 aliphatic heterocycles. The van der Waals surface area contributed by atoms with Crippen LogP contribution in [0.4, 0.5) is 5.82 Å². The molecule has 1 aromatic rings. The van der Waals surface area contributed by atoms with Crippen molar-refractivity contribution in [2.24, 2.45) is 5.73 Å². The summed E-state index contributed by atoms with van der Waals surface area (Å²) in [4.78, 5) is 8.01. The molecule has 0 unspecified atom stereocenters. The fraction of sp³-hybridized carbons (Fsp3) is 0.250. The summed E-state index contributed by atoms with van der Waals surface area (Å²) in [5, 5.41) is 0.768. The van der Waals surface area contributed by atoms with Crippen LogP contribution in [0.25, 0.3) is 0 Å². The first-order valence-corrected chi connectivity index (χ1v) is 4.87. The molecule has 70 valence electrons. The average molecular weight is 196 g/mol. The zero-order chi connectivity index (χ0) is 9.52. The van der Waals surface area contributed by atoms with E-state index in [0.29, 0.717) is 12.4 Å². The van der Waals surface area contributed by atoms with Gasteiger partial charge >= 0.3 is 0 Å². The molecule has 0 aliphatic carbocycles. The quantitative estimate of drug-likeness (QED) is 0.546. The van der Waals surface area contributed by atoms with Crippen molar-refractivity contribution in [3.63, 3.8) is 0 Å². The number of hydrogen-bond acceptors (Lipinski definition) is 5. The number of aromatic nitrogens is 2. The van der Waals surface area contributed by atoms with Gasteiger partial charge in [-0.3, -0.25) is 0 Å². The third-order valence-electron chi connectivity index (χ3n) is 1.31. The third-order valence-corrected chi connectivity index (χ3v) is 2.26. The van der Waals surface area contributed by atoms with Crippen molar-refractivity contribution >= 4 is 17.6 Å². The lowest BCUT2D eigenvalue weighted by Crippen LogP contribution is -1.95. The number of nitrogens with zero attached hydrogens (tertiary/aromatic N) is 2. The van der Waals surface area contributed by atoms with Crippen LogP contribution in [0, 0.1) is 0 Å². The van der Waals surface area contributed by atoms with Crippen molar-refractivity contribution in [3.8, 4) is 0 Å². The van der Waals surface area contributed by atoms with Gasteiger partial charge in [0.2, 0.25) is 0 Å². The first-order valence-electron chi connectivity index (χ1n) is 3.89. The second kappa shape index (κ2) is 5.55. The van der Waals surface area contributed by atoms with Gasteiger partial charge < -0.3 is 11.5 Å². The summed E-state index contributed by atoms with van der Waals surface area (Å²) >= 11 is 1.55. The van der Waals surface area contributed by atoms with Gasteiger partial charge in [-0.2, -0.15) is 0 Å². The van der Waals surface area contributed by atoms with Gasteiger partial charge in [-0.1, -0.05) is 23.9 Å². The minimum Gasteiger partial charge on any atom is -0.381 e. The number of rotatable bonds is 4. The van der Waals surface area contributed by atoms with Crippen LogP contribution in [0.2, 0.25) is 0 Å². The average Bonchev–Trinajstić information content (AvgIpc) is 2.15. The van der Waals surface area contributed by atoms with E-state index in [9.17, 15) is 0 Å². The lowest BCUT2D eigenvalue weighted by atomic mass is 10.5. The van der Waals surface area contributed by atoms with Gasteiger partial charge in [0.25, 0.3) is 0 Å². The Morgan fingerprint density at radius 1 is 1.31 bits per heavy atom. The Morgan fingerprint density at radius 3 is 2.77 bits per heavy atom. The number of thioether (sulfide) groups is 1. The molecule has 13 heavy (non-hydrogen) atoms. The second-order valence-electron chi connectivity index (χ2n) is 2.26. The first kappa shape index (κ1) is 10.0. The fourth-order valence-corrected chi connectivity index (χ4v) is 1.46. The molecule has 0 saturated carbocycles. The van der Waals surface area contributed by atoms with E-state index in [4.69, 9.17) is 11.5 Å². The standard InChI is InChI=1S/C8H12N4S/c9-3-1-2-6-13-8-7(10)11-4-5-12-8/h1-2,4-5H,3,6,9H2,(H2,10,11)/b2-1+. The smallest absolute Gasteiger partial charge is 0.156 e. The number of nitrogens with two attached hydrogens (primary N) is 2. The molecule has 4 N–H and O–H groups in total. The molecule has 1 aromatic heterocycles. The minimum atomic E-state index is 0.480. The van der Waals surface area contributed by atoms with E-state index in [1.807, 2.05) is 12.2 Å². The maximum absolute atomic E-state index is 5.59. The van der Waals surface area contributed by atoms with Crippen LogP contribution in [0.5, 0.6) is 0 Å². The van der Waals surface area contributed by atoms with E-state index >= 15 is 0 Å². The van der Waals surface area contributed by atoms with E-state index < -0.39 is 0 Å². The highest BCUT2D eigenvalue weighted by molar-refractivity contribution is 7.99. The molecule has 0 radical (unpaired) electrons. The molecule has 1 heterocycles. The minimum absolute atomic E-state index is 0.480. The Bertz CT molecular complexity index is 287. The van der Waals surface area contributed by atoms with Crippen LogP contribution in [0.15, 0.2) is 29.6 Å². The zero-order valence-electron chi connectivity index (χ0n) is 7.18. The molecule has 1 rings (SSSR count). The van der Waals surface area contributed by atoms with E-state index in [2.05, 4.69) is 9.97 Å². The molecule has 4 nitrogen and oxygen atoms in total. The van der Waals surface area contributed by atoms with Gasteiger partial charge in [0.15, 0.2) is 5.82 Å². The number of anilines is 1. The van der Waals surface area contributed by atoms with Crippen LogP contribution >= 0.6 is 11.8 Å². The molecule has 0 bridgehead atoms. The summed E-state index contributed by atoms with van der Waals surface area (Å²) in [5.41, 5.74) is 10.9. The van der Waals surface area contributed by atoms with Crippen LogP contribution in [-0.4, -0.2) is 22.3 Å². The Kier molecular flexibility index (Phi) is 4.28. The normalized spacial score (nSPS) is 10.8. The lowest BCUT2D eigenvalue weighted by molar-refractivity contribution is 1.07. The second-order valence-corrected chi connectivity index (χ2v) is 3.27. The Morgan fingerprint density at radius 2 is 2.08 bits per heavy atom. The third kappa shape index (κ3) is 3.43. The predicted molar refractivity (Wildman–Crippen MR) is 55.4 cm³/mol.